The zero-order valence-corrected chi connectivity index (χ0v) is 16.6. The number of allylic oxidation sites excluding steroid dienone is 1. The van der Waals surface area contributed by atoms with Crippen molar-refractivity contribution in [2.24, 2.45) is 5.73 Å². The highest BCUT2D eigenvalue weighted by molar-refractivity contribution is 5.58. The molecule has 156 valence electrons. The third-order valence-electron chi connectivity index (χ3n) is 5.01. The van der Waals surface area contributed by atoms with Gasteiger partial charge in [-0.25, -0.2) is 4.39 Å². The average Bonchev–Trinajstić information content (AvgIpc) is 2.76. The van der Waals surface area contributed by atoms with Gasteiger partial charge in [-0.2, -0.15) is 5.26 Å². The van der Waals surface area contributed by atoms with E-state index in [2.05, 4.69) is 6.07 Å². The van der Waals surface area contributed by atoms with Crippen LogP contribution in [0, 0.1) is 17.1 Å². The van der Waals surface area contributed by atoms with Crippen LogP contribution in [-0.4, -0.2) is 12.2 Å². The lowest BCUT2D eigenvalue weighted by Crippen LogP contribution is -2.21. The highest BCUT2D eigenvalue weighted by Crippen LogP contribution is 2.45. The number of phenols is 1. The van der Waals surface area contributed by atoms with E-state index in [-0.39, 0.29) is 29.6 Å². The van der Waals surface area contributed by atoms with Gasteiger partial charge in [0, 0.05) is 11.6 Å². The van der Waals surface area contributed by atoms with Crippen molar-refractivity contribution in [1.82, 2.24) is 0 Å². The van der Waals surface area contributed by atoms with E-state index in [1.54, 1.807) is 36.4 Å². The van der Waals surface area contributed by atoms with Crippen molar-refractivity contribution in [1.29, 1.82) is 5.26 Å². The van der Waals surface area contributed by atoms with Crippen molar-refractivity contribution in [2.75, 3.05) is 7.11 Å². The number of ether oxygens (including phenoxy) is 3. The Labute approximate surface area is 178 Å². The molecule has 3 N–H and O–H groups in total. The number of nitrogens with two attached hydrogens (primary N) is 1. The van der Waals surface area contributed by atoms with Gasteiger partial charge in [-0.15, -0.1) is 0 Å². The van der Waals surface area contributed by atoms with Crippen molar-refractivity contribution in [3.63, 3.8) is 0 Å². The quantitative estimate of drug-likeness (QED) is 0.640. The average molecular weight is 418 g/mol. The third kappa shape index (κ3) is 3.96. The minimum absolute atomic E-state index is 0.0176. The number of hydrogen-bond donors (Lipinski definition) is 2. The molecule has 0 fully saturated rings. The summed E-state index contributed by atoms with van der Waals surface area (Å²) in [6.45, 7) is 0.170. The monoisotopic (exact) mass is 418 g/mol. The summed E-state index contributed by atoms with van der Waals surface area (Å²) in [5.74, 6) is 0.495. The van der Waals surface area contributed by atoms with E-state index in [4.69, 9.17) is 19.9 Å². The number of nitrogens with zero attached hydrogens (tertiary/aromatic N) is 1. The van der Waals surface area contributed by atoms with Gasteiger partial charge in [-0.05, 0) is 41.5 Å². The topological polar surface area (TPSA) is 97.7 Å². The fourth-order valence-electron chi connectivity index (χ4n) is 3.56. The molecule has 0 bridgehead atoms. The lowest BCUT2D eigenvalue weighted by molar-refractivity contribution is 0.284. The van der Waals surface area contributed by atoms with E-state index in [1.165, 1.54) is 31.4 Å². The van der Waals surface area contributed by atoms with Crippen LogP contribution in [-0.2, 0) is 6.61 Å². The summed E-state index contributed by atoms with van der Waals surface area (Å²) < 4.78 is 30.2. The van der Waals surface area contributed by atoms with Crippen LogP contribution in [0.5, 0.6) is 23.0 Å². The van der Waals surface area contributed by atoms with Gasteiger partial charge < -0.3 is 25.1 Å². The molecule has 0 saturated carbocycles. The number of rotatable bonds is 5. The molecule has 1 aliphatic heterocycles. The zero-order chi connectivity index (χ0) is 22.0. The molecule has 4 rings (SSSR count). The third-order valence-corrected chi connectivity index (χ3v) is 5.01. The van der Waals surface area contributed by atoms with Gasteiger partial charge >= 0.3 is 0 Å². The molecule has 7 heteroatoms. The number of benzene rings is 3. The molecule has 3 aromatic rings. The Morgan fingerprint density at radius 1 is 1.13 bits per heavy atom. The molecular formula is C24H19FN2O4. The van der Waals surface area contributed by atoms with Gasteiger partial charge in [0.05, 0.1) is 13.0 Å². The van der Waals surface area contributed by atoms with Crippen molar-refractivity contribution in [2.45, 2.75) is 12.5 Å². The Morgan fingerprint density at radius 2 is 1.97 bits per heavy atom. The highest BCUT2D eigenvalue weighted by atomic mass is 19.1. The number of nitriles is 1. The van der Waals surface area contributed by atoms with Gasteiger partial charge in [0.25, 0.3) is 0 Å². The normalized spacial score (nSPS) is 14.9. The maximum atomic E-state index is 13.4. The number of phenolic OH excluding ortho intramolecular Hbond substituents is 1. The number of fused-ring (bicyclic) bond motifs is 1. The summed E-state index contributed by atoms with van der Waals surface area (Å²) in [4.78, 5) is 0. The minimum atomic E-state index is -0.500. The molecule has 3 aromatic carbocycles. The molecule has 0 saturated heterocycles. The van der Waals surface area contributed by atoms with Crippen molar-refractivity contribution in [3.05, 3.63) is 94.6 Å². The molecule has 6 nitrogen and oxygen atoms in total. The Bertz CT molecular complexity index is 1220. The predicted octanol–water partition coefficient (Wildman–Crippen LogP) is 4.34. The van der Waals surface area contributed by atoms with Crippen LogP contribution in [0.2, 0.25) is 0 Å². The Hall–Kier alpha value is -4.18. The smallest absolute Gasteiger partial charge is 0.205 e. The molecular weight excluding hydrogens is 399 g/mol. The summed E-state index contributed by atoms with van der Waals surface area (Å²) in [5, 5.41) is 19.5. The summed E-state index contributed by atoms with van der Waals surface area (Å²) >= 11 is 0. The first-order valence-electron chi connectivity index (χ1n) is 9.46. The number of hydrogen-bond acceptors (Lipinski definition) is 6. The summed E-state index contributed by atoms with van der Waals surface area (Å²) in [7, 11) is 1.51. The Kier molecular flexibility index (Phi) is 5.37. The summed E-state index contributed by atoms with van der Waals surface area (Å²) in [6.07, 6.45) is 0. The van der Waals surface area contributed by atoms with Crippen LogP contribution in [0.3, 0.4) is 0 Å². The predicted molar refractivity (Wildman–Crippen MR) is 111 cm³/mol. The molecule has 0 aromatic heterocycles. The second-order valence-electron chi connectivity index (χ2n) is 6.98. The van der Waals surface area contributed by atoms with E-state index in [1.807, 2.05) is 0 Å². The van der Waals surface area contributed by atoms with Gasteiger partial charge in [-0.3, -0.25) is 0 Å². The molecule has 31 heavy (non-hydrogen) atoms. The van der Waals surface area contributed by atoms with Gasteiger partial charge in [-0.1, -0.05) is 24.3 Å². The van der Waals surface area contributed by atoms with Crippen LogP contribution in [0.4, 0.5) is 4.39 Å². The first-order valence-corrected chi connectivity index (χ1v) is 9.46. The van der Waals surface area contributed by atoms with Crippen LogP contribution < -0.4 is 19.9 Å². The largest absolute Gasteiger partial charge is 0.508 e. The van der Waals surface area contributed by atoms with E-state index in [0.717, 1.165) is 5.56 Å². The molecule has 0 spiro atoms. The molecule has 0 amide bonds. The molecule has 1 heterocycles. The summed E-state index contributed by atoms with van der Waals surface area (Å²) in [5.41, 5.74) is 8.35. The van der Waals surface area contributed by atoms with Crippen molar-refractivity contribution >= 4 is 0 Å². The lowest BCUT2D eigenvalue weighted by Gasteiger charge is -2.27. The Morgan fingerprint density at radius 3 is 2.71 bits per heavy atom. The molecule has 1 aliphatic rings. The van der Waals surface area contributed by atoms with Crippen molar-refractivity contribution in [3.8, 4) is 29.1 Å². The first-order chi connectivity index (χ1) is 15.0. The Balaban J connectivity index is 1.69. The van der Waals surface area contributed by atoms with Gasteiger partial charge in [0.1, 0.15) is 35.6 Å². The second kappa shape index (κ2) is 8.28. The molecule has 0 aliphatic carbocycles. The highest BCUT2D eigenvalue weighted by Gasteiger charge is 2.31. The maximum absolute atomic E-state index is 13.4. The van der Waals surface area contributed by atoms with E-state index in [9.17, 15) is 14.8 Å². The zero-order valence-electron chi connectivity index (χ0n) is 16.6. The first kappa shape index (κ1) is 20.1. The molecule has 0 unspecified atom stereocenters. The minimum Gasteiger partial charge on any atom is -0.508 e. The standard InChI is InChI=1S/C24H19FN2O4/c1-29-22-10-15(5-8-20(22)30-13-14-3-2-4-16(25)9-14)23-18-7-6-17(28)11-21(18)31-24(27)19(23)12-26/h2-11,23,28H,13,27H2,1H3/t23-/m0/s1. The number of methoxy groups -OCH3 is 1. The van der Waals surface area contributed by atoms with Crippen molar-refractivity contribution < 1.29 is 23.7 Å². The van der Waals surface area contributed by atoms with Crippen LogP contribution in [0.1, 0.15) is 22.6 Å². The van der Waals surface area contributed by atoms with E-state index in [0.29, 0.717) is 28.4 Å². The lowest BCUT2D eigenvalue weighted by atomic mass is 9.83. The van der Waals surface area contributed by atoms with Gasteiger partial charge in [0.15, 0.2) is 11.5 Å². The molecule has 1 atom stereocenters. The fraction of sp³-hybridized carbons (Fsp3) is 0.125. The van der Waals surface area contributed by atoms with Crippen LogP contribution >= 0.6 is 0 Å². The van der Waals surface area contributed by atoms with E-state index >= 15 is 0 Å². The fourth-order valence-corrected chi connectivity index (χ4v) is 3.56. The second-order valence-corrected chi connectivity index (χ2v) is 6.98. The number of halogens is 1. The maximum Gasteiger partial charge on any atom is 0.205 e. The van der Waals surface area contributed by atoms with Gasteiger partial charge in [0.2, 0.25) is 5.88 Å². The van der Waals surface area contributed by atoms with Crippen LogP contribution in [0.15, 0.2) is 72.1 Å². The van der Waals surface area contributed by atoms with Crippen LogP contribution in [0.25, 0.3) is 0 Å². The molecule has 0 radical (unpaired) electrons. The number of aromatic hydroxyl groups is 1. The van der Waals surface area contributed by atoms with E-state index < -0.39 is 5.92 Å². The summed E-state index contributed by atoms with van der Waals surface area (Å²) in [6, 6.07) is 18.3. The SMILES string of the molecule is COc1cc([C@@H]2C(C#N)=C(N)Oc3cc(O)ccc32)ccc1OCc1cccc(F)c1.